The summed E-state index contributed by atoms with van der Waals surface area (Å²) in [6.07, 6.45) is 8.84. The smallest absolute Gasteiger partial charge is 0.264 e. The van der Waals surface area contributed by atoms with Crippen molar-refractivity contribution in [2.75, 3.05) is 29.5 Å². The van der Waals surface area contributed by atoms with Crippen molar-refractivity contribution >= 4 is 31.6 Å². The lowest BCUT2D eigenvalue weighted by molar-refractivity contribution is -0.145. The molecule has 11 heteroatoms. The zero-order chi connectivity index (χ0) is 31.8. The molecule has 44 heavy (non-hydrogen) atoms. The first-order valence-corrected chi connectivity index (χ1v) is 18.7. The van der Waals surface area contributed by atoms with Crippen molar-refractivity contribution in [1.82, 2.24) is 15.0 Å². The van der Waals surface area contributed by atoms with Crippen molar-refractivity contribution in [3.05, 3.63) is 59.0 Å². The largest absolute Gasteiger partial charge is 0.396 e. The summed E-state index contributed by atoms with van der Waals surface area (Å²) in [7, 11) is -3.32. The van der Waals surface area contributed by atoms with E-state index < -0.39 is 31.6 Å². The molecule has 1 spiro atoms. The third-order valence-electron chi connectivity index (χ3n) is 9.42. The van der Waals surface area contributed by atoms with Gasteiger partial charge in [-0.15, -0.1) is 5.10 Å². The maximum absolute atomic E-state index is 16.2. The van der Waals surface area contributed by atoms with Gasteiger partial charge in [-0.1, -0.05) is 35.4 Å². The highest BCUT2D eigenvalue weighted by molar-refractivity contribution is 6.72. The number of carbonyl (C=O) groups is 2. The van der Waals surface area contributed by atoms with Crippen molar-refractivity contribution < 1.29 is 23.5 Å². The summed E-state index contributed by atoms with van der Waals surface area (Å²) >= 11 is 0. The predicted molar refractivity (Wildman–Crippen MR) is 172 cm³/mol. The van der Waals surface area contributed by atoms with Crippen molar-refractivity contribution in [2.45, 2.75) is 96.7 Å². The third kappa shape index (κ3) is 6.06. The SMILES string of the molecule is CC(C)=CCC/C(C)=C/CN1C(=O)[C@@]2(O[C@@H](CCn3cc(CCO)nn3)[C@H]([Si](C)(C)F)[C@H]2C)c2cc(N3CCC3=O)ccc21. The van der Waals surface area contributed by atoms with Crippen LogP contribution in [0, 0.1) is 5.92 Å². The number of β-lactam (4-membered cyclic amide) rings is 1. The number of aromatic nitrogens is 3. The topological polar surface area (TPSA) is 101 Å². The van der Waals surface area contributed by atoms with E-state index in [1.807, 2.05) is 25.1 Å². The van der Waals surface area contributed by atoms with Crippen LogP contribution in [0.1, 0.15) is 64.6 Å². The second kappa shape index (κ2) is 12.7. The molecule has 4 heterocycles. The fourth-order valence-electron chi connectivity index (χ4n) is 7.12. The quantitative estimate of drug-likeness (QED) is 0.146. The fraction of sp³-hybridized carbons (Fsp3) is 0.576. The molecule has 0 aliphatic carbocycles. The number of aliphatic hydroxyl groups excluding tert-OH is 1. The lowest BCUT2D eigenvalue weighted by Crippen LogP contribution is -2.45. The minimum absolute atomic E-state index is 0.0125. The molecule has 2 amide bonds. The highest BCUT2D eigenvalue weighted by atomic mass is 28.4. The van der Waals surface area contributed by atoms with Crippen LogP contribution in [0.25, 0.3) is 0 Å². The molecule has 0 unspecified atom stereocenters. The molecule has 0 bridgehead atoms. The van der Waals surface area contributed by atoms with Gasteiger partial charge < -0.3 is 23.8 Å². The fourth-order valence-corrected chi connectivity index (χ4v) is 9.66. The molecular weight excluding hydrogens is 577 g/mol. The first-order chi connectivity index (χ1) is 20.9. The summed E-state index contributed by atoms with van der Waals surface area (Å²) < 4.78 is 24.8. The Bertz CT molecular complexity index is 1460. The molecule has 5 rings (SSSR count). The molecule has 3 aliphatic rings. The number of carbonyl (C=O) groups excluding carboxylic acids is 2. The van der Waals surface area contributed by atoms with Gasteiger partial charge in [0.05, 0.1) is 17.5 Å². The van der Waals surface area contributed by atoms with Gasteiger partial charge in [-0.05, 0) is 71.3 Å². The van der Waals surface area contributed by atoms with Gasteiger partial charge in [0.25, 0.3) is 5.91 Å². The van der Waals surface area contributed by atoms with Crippen LogP contribution in [0.2, 0.25) is 18.6 Å². The summed E-state index contributed by atoms with van der Waals surface area (Å²) in [5.74, 6) is -0.532. The number of nitrogens with zero attached hydrogens (tertiary/aromatic N) is 5. The Morgan fingerprint density at radius 1 is 1.23 bits per heavy atom. The summed E-state index contributed by atoms with van der Waals surface area (Å²) in [6.45, 7) is 13.1. The van der Waals surface area contributed by atoms with E-state index in [1.54, 1.807) is 33.8 Å². The minimum Gasteiger partial charge on any atom is -0.396 e. The normalized spacial score (nSPS) is 25.2. The van der Waals surface area contributed by atoms with Crippen LogP contribution in [0.5, 0.6) is 0 Å². The zero-order valence-corrected chi connectivity index (χ0v) is 27.8. The molecule has 0 radical (unpaired) electrons. The van der Waals surface area contributed by atoms with Gasteiger partial charge in [0, 0.05) is 68.0 Å². The van der Waals surface area contributed by atoms with Crippen LogP contribution >= 0.6 is 0 Å². The number of fused-ring (bicyclic) bond motifs is 2. The number of hydrogen-bond acceptors (Lipinski definition) is 6. The summed E-state index contributed by atoms with van der Waals surface area (Å²) in [4.78, 5) is 30.5. The van der Waals surface area contributed by atoms with E-state index in [9.17, 15) is 14.7 Å². The van der Waals surface area contributed by atoms with E-state index in [2.05, 4.69) is 43.2 Å². The Morgan fingerprint density at radius 3 is 2.64 bits per heavy atom. The average Bonchev–Trinajstić information content (AvgIpc) is 3.59. The Kier molecular flexibility index (Phi) is 9.30. The van der Waals surface area contributed by atoms with E-state index in [4.69, 9.17) is 4.74 Å². The first-order valence-electron chi connectivity index (χ1n) is 15.8. The predicted octanol–water partition coefficient (Wildman–Crippen LogP) is 5.45. The number of ether oxygens (including phenoxy) is 1. The van der Waals surface area contributed by atoms with Crippen molar-refractivity contribution in [3.8, 4) is 0 Å². The minimum atomic E-state index is -3.32. The van der Waals surface area contributed by atoms with Crippen LogP contribution in [0.15, 0.2) is 47.7 Å². The van der Waals surface area contributed by atoms with Gasteiger partial charge in [0.2, 0.25) is 14.3 Å². The first kappa shape index (κ1) is 32.2. The summed E-state index contributed by atoms with van der Waals surface area (Å²) in [5, 5.41) is 17.5. The van der Waals surface area contributed by atoms with E-state index >= 15 is 4.11 Å². The second-order valence-corrected chi connectivity index (χ2v) is 17.1. The van der Waals surface area contributed by atoms with Gasteiger partial charge in [-0.3, -0.25) is 14.3 Å². The van der Waals surface area contributed by atoms with Gasteiger partial charge >= 0.3 is 0 Å². The van der Waals surface area contributed by atoms with Crippen LogP contribution in [-0.2, 0) is 32.9 Å². The number of hydrogen-bond donors (Lipinski definition) is 1. The molecule has 4 atom stereocenters. The monoisotopic (exact) mass is 623 g/mol. The van der Waals surface area contributed by atoms with Gasteiger partial charge in [0.1, 0.15) is 0 Å². The highest BCUT2D eigenvalue weighted by Gasteiger charge is 2.66. The molecule has 238 valence electrons. The summed E-state index contributed by atoms with van der Waals surface area (Å²) in [5.41, 5.74) is 3.61. The summed E-state index contributed by atoms with van der Waals surface area (Å²) in [6, 6.07) is 5.75. The Hall–Kier alpha value is -3.15. The Morgan fingerprint density at radius 2 is 2.00 bits per heavy atom. The number of halogens is 1. The van der Waals surface area contributed by atoms with Crippen LogP contribution in [0.3, 0.4) is 0 Å². The van der Waals surface area contributed by atoms with E-state index in [-0.39, 0.29) is 18.4 Å². The number of allylic oxidation sites excluding steroid dienone is 3. The van der Waals surface area contributed by atoms with Crippen LogP contribution in [-0.4, -0.2) is 66.1 Å². The molecule has 2 aromatic rings. The number of anilines is 2. The third-order valence-corrected chi connectivity index (χ3v) is 11.9. The molecular formula is C33H46FN5O4Si. The molecule has 2 saturated heterocycles. The highest BCUT2D eigenvalue weighted by Crippen LogP contribution is 2.60. The van der Waals surface area contributed by atoms with Crippen LogP contribution in [0.4, 0.5) is 15.5 Å². The average molecular weight is 624 g/mol. The number of amides is 2. The number of aliphatic hydroxyl groups is 1. The maximum atomic E-state index is 16.2. The van der Waals surface area contributed by atoms with Gasteiger partial charge in [0.15, 0.2) is 5.60 Å². The van der Waals surface area contributed by atoms with Crippen molar-refractivity contribution in [2.24, 2.45) is 5.92 Å². The standard InChI is InChI=1S/C33H46FN5O4Si/c1-22(2)8-7-9-23(3)12-17-39-28-11-10-26(38-18-14-30(38)41)20-27(28)33(32(39)42)24(4)31(44(5,6)34)29(43-33)13-16-37-21-25(15-19-40)35-36-37/h8,10-12,20-21,24,29,31,40H,7,9,13-19H2,1-6H3/b23-12+/t24-,29+,31-,33+/m1/s1. The zero-order valence-electron chi connectivity index (χ0n) is 26.8. The van der Waals surface area contributed by atoms with Gasteiger partial charge in [-0.2, -0.15) is 0 Å². The Labute approximate surface area is 260 Å². The maximum Gasteiger partial charge on any atom is 0.264 e. The molecule has 0 saturated carbocycles. The van der Waals surface area contributed by atoms with Gasteiger partial charge in [-0.25, -0.2) is 0 Å². The van der Waals surface area contributed by atoms with E-state index in [0.29, 0.717) is 44.6 Å². The number of benzene rings is 1. The van der Waals surface area contributed by atoms with Crippen molar-refractivity contribution in [3.63, 3.8) is 0 Å². The molecule has 1 aromatic carbocycles. The second-order valence-electron chi connectivity index (χ2n) is 13.3. The lowest BCUT2D eigenvalue weighted by Gasteiger charge is -2.33. The van der Waals surface area contributed by atoms with Crippen molar-refractivity contribution in [1.29, 1.82) is 0 Å². The lowest BCUT2D eigenvalue weighted by atomic mass is 9.82. The molecule has 1 aromatic heterocycles. The number of rotatable bonds is 12. The molecule has 1 N–H and O–H groups in total. The molecule has 9 nitrogen and oxygen atoms in total. The van der Waals surface area contributed by atoms with Crippen LogP contribution < -0.4 is 9.80 Å². The molecule has 2 fully saturated rings. The van der Waals surface area contributed by atoms with E-state index in [0.717, 1.165) is 29.8 Å². The number of aryl methyl sites for hydroxylation is 1. The Balaban J connectivity index is 1.49. The molecule has 3 aliphatic heterocycles. The van der Waals surface area contributed by atoms with E-state index in [1.165, 1.54) is 11.1 Å².